The van der Waals surface area contributed by atoms with Crippen molar-refractivity contribution < 1.29 is 19.4 Å². The summed E-state index contributed by atoms with van der Waals surface area (Å²) >= 11 is 5.99. The Morgan fingerprint density at radius 2 is 1.96 bits per heavy atom. The van der Waals surface area contributed by atoms with Gasteiger partial charge in [-0.15, -0.1) is 0 Å². The molecule has 0 spiro atoms. The lowest BCUT2D eigenvalue weighted by molar-refractivity contribution is -0.139. The Hall–Kier alpha value is -1.75. The number of nitrogens with one attached hydrogen (secondary N) is 1. The molecule has 1 saturated carbocycles. The van der Waals surface area contributed by atoms with E-state index in [1.165, 1.54) is 0 Å². The fraction of sp³-hybridized carbons (Fsp3) is 0.529. The second-order valence-corrected chi connectivity index (χ2v) is 6.40. The summed E-state index contributed by atoms with van der Waals surface area (Å²) in [5.74, 6) is -0.377. The molecule has 126 valence electrons. The monoisotopic (exact) mass is 339 g/mol. The largest absolute Gasteiger partial charge is 0.492 e. The standard InChI is InChI=1S/C17H22ClNO4/c18-13-6-1-2-7-14(13)23-11-5-8-15(20)19-17(12-16(21)22)9-3-4-10-17/h1-2,6-7H,3-5,8-12H2,(H,19,20)(H,21,22). The average molecular weight is 340 g/mol. The molecule has 2 rings (SSSR count). The third-order valence-electron chi connectivity index (χ3n) is 4.10. The summed E-state index contributed by atoms with van der Waals surface area (Å²) in [6.45, 7) is 0.392. The molecule has 1 fully saturated rings. The van der Waals surface area contributed by atoms with E-state index in [2.05, 4.69) is 5.32 Å². The molecule has 5 nitrogen and oxygen atoms in total. The number of halogens is 1. The molecule has 0 heterocycles. The van der Waals surface area contributed by atoms with Gasteiger partial charge in [0.15, 0.2) is 0 Å². The van der Waals surface area contributed by atoms with Crippen LogP contribution in [-0.4, -0.2) is 29.1 Å². The Balaban J connectivity index is 1.74. The Morgan fingerprint density at radius 1 is 1.26 bits per heavy atom. The predicted octanol–water partition coefficient (Wildman–Crippen LogP) is 3.40. The lowest BCUT2D eigenvalue weighted by Crippen LogP contribution is -2.47. The van der Waals surface area contributed by atoms with Gasteiger partial charge in [0.05, 0.1) is 23.6 Å². The summed E-state index contributed by atoms with van der Waals surface area (Å²) in [7, 11) is 0. The number of carbonyl (C=O) groups is 2. The molecule has 23 heavy (non-hydrogen) atoms. The maximum absolute atomic E-state index is 12.1. The van der Waals surface area contributed by atoms with Crippen LogP contribution in [0.25, 0.3) is 0 Å². The topological polar surface area (TPSA) is 75.6 Å². The number of carboxylic acid groups (broad SMARTS) is 1. The van der Waals surface area contributed by atoms with E-state index in [1.807, 2.05) is 12.1 Å². The minimum absolute atomic E-state index is 0.00510. The molecular weight excluding hydrogens is 318 g/mol. The molecule has 1 aromatic rings. The van der Waals surface area contributed by atoms with Crippen molar-refractivity contribution >= 4 is 23.5 Å². The number of para-hydroxylation sites is 1. The van der Waals surface area contributed by atoms with E-state index in [0.717, 1.165) is 25.7 Å². The zero-order valence-electron chi connectivity index (χ0n) is 13.0. The van der Waals surface area contributed by atoms with Crippen LogP contribution in [0.4, 0.5) is 0 Å². The number of carboxylic acids is 1. The molecule has 1 amide bonds. The van der Waals surface area contributed by atoms with E-state index >= 15 is 0 Å². The number of aliphatic carboxylic acids is 1. The molecule has 0 unspecified atom stereocenters. The fourth-order valence-electron chi connectivity index (χ4n) is 3.02. The number of hydrogen-bond acceptors (Lipinski definition) is 3. The molecule has 0 saturated heterocycles. The highest BCUT2D eigenvalue weighted by Gasteiger charge is 2.37. The summed E-state index contributed by atoms with van der Waals surface area (Å²) < 4.78 is 5.54. The second-order valence-electron chi connectivity index (χ2n) is 5.99. The van der Waals surface area contributed by atoms with E-state index < -0.39 is 11.5 Å². The van der Waals surface area contributed by atoms with Gasteiger partial charge >= 0.3 is 5.97 Å². The van der Waals surface area contributed by atoms with Crippen molar-refractivity contribution in [1.82, 2.24) is 5.32 Å². The van der Waals surface area contributed by atoms with Crippen LogP contribution >= 0.6 is 11.6 Å². The normalized spacial score (nSPS) is 16.0. The number of benzene rings is 1. The van der Waals surface area contributed by atoms with Crippen molar-refractivity contribution in [3.8, 4) is 5.75 Å². The zero-order chi connectivity index (χ0) is 16.7. The fourth-order valence-corrected chi connectivity index (χ4v) is 3.21. The van der Waals surface area contributed by atoms with Gasteiger partial charge in [-0.05, 0) is 31.4 Å². The summed E-state index contributed by atoms with van der Waals surface area (Å²) in [6, 6.07) is 7.19. The van der Waals surface area contributed by atoms with E-state index in [-0.39, 0.29) is 12.3 Å². The third-order valence-corrected chi connectivity index (χ3v) is 4.41. The first-order chi connectivity index (χ1) is 11.0. The Bertz CT molecular complexity index is 555. The average Bonchev–Trinajstić information content (AvgIpc) is 2.92. The van der Waals surface area contributed by atoms with Gasteiger partial charge in [-0.2, -0.15) is 0 Å². The molecule has 0 aliphatic heterocycles. The molecule has 0 aromatic heterocycles. The summed E-state index contributed by atoms with van der Waals surface area (Å²) in [5.41, 5.74) is -0.563. The molecule has 0 atom stereocenters. The summed E-state index contributed by atoms with van der Waals surface area (Å²) in [4.78, 5) is 23.1. The molecule has 0 bridgehead atoms. The first kappa shape index (κ1) is 17.6. The third kappa shape index (κ3) is 5.43. The minimum atomic E-state index is -0.866. The van der Waals surface area contributed by atoms with Crippen LogP contribution < -0.4 is 10.1 Å². The SMILES string of the molecule is O=C(O)CC1(NC(=O)CCCOc2ccccc2Cl)CCCC1. The maximum atomic E-state index is 12.1. The smallest absolute Gasteiger partial charge is 0.305 e. The van der Waals surface area contributed by atoms with E-state index in [9.17, 15) is 9.59 Å². The molecular formula is C17H22ClNO4. The molecule has 1 aliphatic rings. The maximum Gasteiger partial charge on any atom is 0.305 e. The van der Waals surface area contributed by atoms with Gasteiger partial charge < -0.3 is 15.2 Å². The van der Waals surface area contributed by atoms with E-state index in [4.69, 9.17) is 21.4 Å². The quantitative estimate of drug-likeness (QED) is 0.712. The van der Waals surface area contributed by atoms with Gasteiger partial charge in [-0.25, -0.2) is 0 Å². The van der Waals surface area contributed by atoms with Crippen molar-refractivity contribution in [3.05, 3.63) is 29.3 Å². The Morgan fingerprint density at radius 3 is 2.61 bits per heavy atom. The van der Waals surface area contributed by atoms with Crippen molar-refractivity contribution in [2.45, 2.75) is 50.5 Å². The van der Waals surface area contributed by atoms with Gasteiger partial charge in [0, 0.05) is 6.42 Å². The first-order valence-corrected chi connectivity index (χ1v) is 8.29. The molecule has 0 radical (unpaired) electrons. The lowest BCUT2D eigenvalue weighted by Gasteiger charge is -2.28. The number of ether oxygens (including phenoxy) is 1. The van der Waals surface area contributed by atoms with E-state index in [0.29, 0.717) is 30.2 Å². The highest BCUT2D eigenvalue weighted by Crippen LogP contribution is 2.32. The zero-order valence-corrected chi connectivity index (χ0v) is 13.8. The minimum Gasteiger partial charge on any atom is -0.492 e. The van der Waals surface area contributed by atoms with Gasteiger partial charge in [0.25, 0.3) is 0 Å². The van der Waals surface area contributed by atoms with Crippen molar-refractivity contribution in [2.24, 2.45) is 0 Å². The Labute approximate surface area is 141 Å². The number of carbonyl (C=O) groups excluding carboxylic acids is 1. The van der Waals surface area contributed by atoms with Crippen molar-refractivity contribution in [3.63, 3.8) is 0 Å². The molecule has 1 aromatic carbocycles. The molecule has 1 aliphatic carbocycles. The van der Waals surface area contributed by atoms with E-state index in [1.54, 1.807) is 12.1 Å². The molecule has 6 heteroatoms. The van der Waals surface area contributed by atoms with Gasteiger partial charge in [-0.1, -0.05) is 36.6 Å². The second kappa shape index (κ2) is 8.20. The van der Waals surface area contributed by atoms with Crippen molar-refractivity contribution in [1.29, 1.82) is 0 Å². The first-order valence-electron chi connectivity index (χ1n) is 7.91. The van der Waals surface area contributed by atoms with Gasteiger partial charge in [0.2, 0.25) is 5.91 Å². The van der Waals surface area contributed by atoms with Crippen LogP contribution in [0.5, 0.6) is 5.75 Å². The van der Waals surface area contributed by atoms with Gasteiger partial charge in [0.1, 0.15) is 5.75 Å². The summed E-state index contributed by atoms with van der Waals surface area (Å²) in [6.07, 6.45) is 4.26. The van der Waals surface area contributed by atoms with Crippen molar-refractivity contribution in [2.75, 3.05) is 6.61 Å². The highest BCUT2D eigenvalue weighted by molar-refractivity contribution is 6.32. The summed E-state index contributed by atoms with van der Waals surface area (Å²) in [5, 5.41) is 12.5. The van der Waals surface area contributed by atoms with Crippen LogP contribution in [0.1, 0.15) is 44.9 Å². The van der Waals surface area contributed by atoms with Crippen LogP contribution in [0.15, 0.2) is 24.3 Å². The molecule has 2 N–H and O–H groups in total. The number of amides is 1. The highest BCUT2D eigenvalue weighted by atomic mass is 35.5. The van der Waals surface area contributed by atoms with Crippen LogP contribution in [0.2, 0.25) is 5.02 Å². The predicted molar refractivity (Wildman–Crippen MR) is 87.8 cm³/mol. The van der Waals surface area contributed by atoms with Gasteiger partial charge in [-0.3, -0.25) is 9.59 Å². The number of hydrogen-bond donors (Lipinski definition) is 2. The van der Waals surface area contributed by atoms with Crippen LogP contribution in [0, 0.1) is 0 Å². The van der Waals surface area contributed by atoms with Crippen LogP contribution in [-0.2, 0) is 9.59 Å². The number of rotatable bonds is 8. The Kier molecular flexibility index (Phi) is 6.28. The lowest BCUT2D eigenvalue weighted by atomic mass is 9.93. The van der Waals surface area contributed by atoms with Crippen LogP contribution in [0.3, 0.4) is 0 Å².